The lowest BCUT2D eigenvalue weighted by Crippen LogP contribution is -2.36. The van der Waals surface area contributed by atoms with Crippen LogP contribution in [0.3, 0.4) is 0 Å². The number of carbonyl (C=O) groups is 2. The van der Waals surface area contributed by atoms with Crippen LogP contribution >= 0.6 is 11.8 Å². The van der Waals surface area contributed by atoms with Crippen molar-refractivity contribution < 1.29 is 9.59 Å². The lowest BCUT2D eigenvalue weighted by molar-refractivity contribution is -0.132. The third-order valence-electron chi connectivity index (χ3n) is 4.09. The summed E-state index contributed by atoms with van der Waals surface area (Å²) >= 11 is 1.94. The molecule has 1 fully saturated rings. The van der Waals surface area contributed by atoms with Gasteiger partial charge in [-0.25, -0.2) is 0 Å². The number of carbonyl (C=O) groups excluding carboxylic acids is 2. The van der Waals surface area contributed by atoms with E-state index in [1.165, 1.54) is 5.56 Å². The predicted octanol–water partition coefficient (Wildman–Crippen LogP) is 3.32. The number of aryl methyl sites for hydroxylation is 1. The molecule has 1 aliphatic rings. The predicted molar refractivity (Wildman–Crippen MR) is 92.1 cm³/mol. The highest BCUT2D eigenvalue weighted by Gasteiger charge is 2.34. The number of benzene rings is 1. The van der Waals surface area contributed by atoms with Crippen molar-refractivity contribution in [1.29, 1.82) is 0 Å². The smallest absolute Gasteiger partial charge is 0.223 e. The highest BCUT2D eigenvalue weighted by Crippen LogP contribution is 2.30. The summed E-state index contributed by atoms with van der Waals surface area (Å²) in [4.78, 5) is 25.4. The van der Waals surface area contributed by atoms with Crippen LogP contribution < -0.4 is 0 Å². The Morgan fingerprint density at radius 1 is 1.36 bits per heavy atom. The van der Waals surface area contributed by atoms with Crippen LogP contribution in [0.2, 0.25) is 0 Å². The molecule has 0 bridgehead atoms. The Hall–Kier alpha value is -1.29. The normalized spacial score (nSPS) is 21.0. The van der Waals surface area contributed by atoms with Crippen molar-refractivity contribution >= 4 is 24.0 Å². The van der Waals surface area contributed by atoms with Gasteiger partial charge in [-0.3, -0.25) is 4.79 Å². The summed E-state index contributed by atoms with van der Waals surface area (Å²) in [5.41, 5.74) is 1.19. The number of hydrogen-bond donors (Lipinski definition) is 0. The maximum atomic E-state index is 12.5. The van der Waals surface area contributed by atoms with Crippen molar-refractivity contribution in [3.8, 4) is 0 Å². The molecule has 2 atom stereocenters. The zero-order valence-electron chi connectivity index (χ0n) is 13.2. The molecule has 1 amide bonds. The molecule has 4 heteroatoms. The van der Waals surface area contributed by atoms with Crippen molar-refractivity contribution in [2.24, 2.45) is 0 Å². The minimum absolute atomic E-state index is 0.107. The number of nitrogens with zero attached hydrogens (tertiary/aromatic N) is 1. The molecule has 2 unspecified atom stereocenters. The van der Waals surface area contributed by atoms with Crippen LogP contribution in [-0.4, -0.2) is 40.7 Å². The van der Waals surface area contributed by atoms with E-state index in [1.54, 1.807) is 0 Å². The maximum absolute atomic E-state index is 12.5. The van der Waals surface area contributed by atoms with E-state index < -0.39 is 0 Å². The molecular formula is C18H25NO2S. The SMILES string of the molecule is CCCSC1CC(CC=O)N(C(=O)CCc2ccccc2)C1. The highest BCUT2D eigenvalue weighted by atomic mass is 32.2. The van der Waals surface area contributed by atoms with Gasteiger partial charge in [-0.2, -0.15) is 11.8 Å². The molecule has 120 valence electrons. The van der Waals surface area contributed by atoms with Crippen LogP contribution in [0, 0.1) is 0 Å². The molecule has 0 aliphatic carbocycles. The molecule has 2 rings (SSSR count). The van der Waals surface area contributed by atoms with Crippen molar-refractivity contribution in [3.05, 3.63) is 35.9 Å². The van der Waals surface area contributed by atoms with Gasteiger partial charge in [0, 0.05) is 30.7 Å². The molecule has 1 saturated heterocycles. The van der Waals surface area contributed by atoms with Crippen LogP contribution in [0.5, 0.6) is 0 Å². The van der Waals surface area contributed by atoms with Crippen molar-refractivity contribution in [2.75, 3.05) is 12.3 Å². The Balaban J connectivity index is 1.89. The zero-order chi connectivity index (χ0) is 15.8. The molecule has 0 saturated carbocycles. The van der Waals surface area contributed by atoms with E-state index in [9.17, 15) is 9.59 Å². The fourth-order valence-electron chi connectivity index (χ4n) is 2.96. The Morgan fingerprint density at radius 3 is 2.82 bits per heavy atom. The van der Waals surface area contributed by atoms with E-state index in [2.05, 4.69) is 19.1 Å². The van der Waals surface area contributed by atoms with Gasteiger partial charge in [0.25, 0.3) is 0 Å². The number of thioether (sulfide) groups is 1. The fraction of sp³-hybridized carbons (Fsp3) is 0.556. The molecule has 1 heterocycles. The maximum Gasteiger partial charge on any atom is 0.223 e. The highest BCUT2D eigenvalue weighted by molar-refractivity contribution is 7.99. The average molecular weight is 319 g/mol. The summed E-state index contributed by atoms with van der Waals surface area (Å²) in [7, 11) is 0. The number of rotatable bonds is 8. The minimum Gasteiger partial charge on any atom is -0.338 e. The Bertz CT molecular complexity index is 477. The monoisotopic (exact) mass is 319 g/mol. The van der Waals surface area contributed by atoms with Gasteiger partial charge in [0.2, 0.25) is 5.91 Å². The Labute approximate surface area is 137 Å². The molecule has 0 radical (unpaired) electrons. The summed E-state index contributed by atoms with van der Waals surface area (Å²) in [5, 5.41) is 0.491. The summed E-state index contributed by atoms with van der Waals surface area (Å²) < 4.78 is 0. The van der Waals surface area contributed by atoms with E-state index >= 15 is 0 Å². The van der Waals surface area contributed by atoms with Crippen molar-refractivity contribution in [3.63, 3.8) is 0 Å². The number of likely N-dealkylation sites (tertiary alicyclic amines) is 1. The summed E-state index contributed by atoms with van der Waals surface area (Å²) in [5.74, 6) is 1.32. The van der Waals surface area contributed by atoms with E-state index in [0.717, 1.165) is 37.8 Å². The number of hydrogen-bond acceptors (Lipinski definition) is 3. The third kappa shape index (κ3) is 4.87. The van der Waals surface area contributed by atoms with Gasteiger partial charge >= 0.3 is 0 Å². The van der Waals surface area contributed by atoms with Gasteiger partial charge in [-0.05, 0) is 30.6 Å². The zero-order valence-corrected chi connectivity index (χ0v) is 14.1. The molecular weight excluding hydrogens is 294 g/mol. The van der Waals surface area contributed by atoms with Gasteiger partial charge in [0.05, 0.1) is 0 Å². The van der Waals surface area contributed by atoms with Gasteiger partial charge in [0.15, 0.2) is 0 Å². The summed E-state index contributed by atoms with van der Waals surface area (Å²) in [6, 6.07) is 10.2. The van der Waals surface area contributed by atoms with Crippen molar-refractivity contribution in [2.45, 2.75) is 50.3 Å². The number of amides is 1. The summed E-state index contributed by atoms with van der Waals surface area (Å²) in [6.07, 6.45) is 4.85. The first-order chi connectivity index (χ1) is 10.7. The lowest BCUT2D eigenvalue weighted by atomic mass is 10.1. The van der Waals surface area contributed by atoms with E-state index in [4.69, 9.17) is 0 Å². The molecule has 1 aromatic carbocycles. The first-order valence-electron chi connectivity index (χ1n) is 8.13. The third-order valence-corrected chi connectivity index (χ3v) is 5.55. The average Bonchev–Trinajstić information content (AvgIpc) is 2.95. The first-order valence-corrected chi connectivity index (χ1v) is 9.18. The van der Waals surface area contributed by atoms with E-state index in [0.29, 0.717) is 18.1 Å². The molecule has 1 aliphatic heterocycles. The first kappa shape index (κ1) is 17.1. The molecule has 0 aromatic heterocycles. The quantitative estimate of drug-likeness (QED) is 0.690. The molecule has 0 N–H and O–H groups in total. The van der Waals surface area contributed by atoms with E-state index in [1.807, 2.05) is 34.9 Å². The summed E-state index contributed by atoms with van der Waals surface area (Å²) in [6.45, 7) is 2.98. The van der Waals surface area contributed by atoms with Crippen LogP contribution in [0.25, 0.3) is 0 Å². The van der Waals surface area contributed by atoms with Gasteiger partial charge in [-0.1, -0.05) is 37.3 Å². The second kappa shape index (κ2) is 8.99. The van der Waals surface area contributed by atoms with Crippen LogP contribution in [0.4, 0.5) is 0 Å². The topological polar surface area (TPSA) is 37.4 Å². The fourth-order valence-corrected chi connectivity index (χ4v) is 4.15. The Morgan fingerprint density at radius 2 is 2.14 bits per heavy atom. The molecule has 22 heavy (non-hydrogen) atoms. The number of aldehydes is 1. The minimum atomic E-state index is 0.107. The standard InChI is InChI=1S/C18H25NO2S/c1-2-12-22-17-13-16(10-11-20)19(14-17)18(21)9-8-15-6-4-3-5-7-15/h3-7,11,16-17H,2,8-10,12-14H2,1H3. The molecule has 3 nitrogen and oxygen atoms in total. The van der Waals surface area contributed by atoms with Crippen molar-refractivity contribution in [1.82, 2.24) is 4.90 Å². The van der Waals surface area contributed by atoms with Gasteiger partial charge in [-0.15, -0.1) is 0 Å². The largest absolute Gasteiger partial charge is 0.338 e. The van der Waals surface area contributed by atoms with Gasteiger partial charge < -0.3 is 9.69 Å². The molecule has 0 spiro atoms. The molecule has 1 aromatic rings. The van der Waals surface area contributed by atoms with Crippen LogP contribution in [0.1, 0.15) is 38.2 Å². The lowest BCUT2D eigenvalue weighted by Gasteiger charge is -2.23. The van der Waals surface area contributed by atoms with Gasteiger partial charge in [0.1, 0.15) is 6.29 Å². The van der Waals surface area contributed by atoms with Crippen LogP contribution in [0.15, 0.2) is 30.3 Å². The van der Waals surface area contributed by atoms with Crippen LogP contribution in [-0.2, 0) is 16.0 Å². The van der Waals surface area contributed by atoms with E-state index in [-0.39, 0.29) is 11.9 Å². The Kier molecular flexibility index (Phi) is 6.97. The second-order valence-corrected chi connectivity index (χ2v) is 7.22. The second-order valence-electron chi connectivity index (χ2n) is 5.82.